The van der Waals surface area contributed by atoms with Crippen LogP contribution in [0.15, 0.2) is 36.4 Å². The minimum atomic E-state index is -0.391. The van der Waals surface area contributed by atoms with Gasteiger partial charge >= 0.3 is 0 Å². The number of benzene rings is 1. The van der Waals surface area contributed by atoms with E-state index < -0.39 is 5.82 Å². The highest BCUT2D eigenvalue weighted by Crippen LogP contribution is 2.17. The Morgan fingerprint density at radius 1 is 1.08 bits per heavy atom. The summed E-state index contributed by atoms with van der Waals surface area (Å²) in [6, 6.07) is 9.80. The molecule has 0 aliphatic carbocycles. The van der Waals surface area contributed by atoms with E-state index in [-0.39, 0.29) is 5.91 Å². The molecule has 2 aromatic rings. The topological polar surface area (TPSA) is 52.6 Å². The lowest BCUT2D eigenvalue weighted by atomic mass is 10.1. The van der Waals surface area contributed by atoms with Crippen molar-refractivity contribution in [3.63, 3.8) is 0 Å². The molecule has 6 nitrogen and oxygen atoms in total. The standard InChI is InChI=1S/C19H24FN5O/c1-3-23(4-2)17-8-9-18(22-21-17)24-10-12-25(13-11-24)19(26)15-6-5-7-16(20)14-15/h5-9,14H,3-4,10-13H2,1-2H3. The first-order valence-electron chi connectivity index (χ1n) is 9.00. The minimum absolute atomic E-state index is 0.132. The molecule has 0 spiro atoms. The third-order valence-corrected chi connectivity index (χ3v) is 4.69. The number of aromatic nitrogens is 2. The monoisotopic (exact) mass is 357 g/mol. The van der Waals surface area contributed by atoms with Crippen molar-refractivity contribution in [3.05, 3.63) is 47.8 Å². The van der Waals surface area contributed by atoms with Gasteiger partial charge in [-0.25, -0.2) is 4.39 Å². The molecule has 1 aromatic heterocycles. The maximum absolute atomic E-state index is 13.3. The number of rotatable bonds is 5. The first-order valence-corrected chi connectivity index (χ1v) is 9.00. The molecule has 0 radical (unpaired) electrons. The Kier molecular flexibility index (Phi) is 5.65. The zero-order valence-electron chi connectivity index (χ0n) is 15.2. The quantitative estimate of drug-likeness (QED) is 0.823. The number of amides is 1. The fourth-order valence-electron chi connectivity index (χ4n) is 3.15. The van der Waals surface area contributed by atoms with Crippen molar-refractivity contribution in [2.45, 2.75) is 13.8 Å². The molecule has 1 fully saturated rings. The van der Waals surface area contributed by atoms with Crippen molar-refractivity contribution in [2.24, 2.45) is 0 Å². The molecule has 1 aromatic carbocycles. The fourth-order valence-corrected chi connectivity index (χ4v) is 3.15. The summed E-state index contributed by atoms with van der Waals surface area (Å²) in [5, 5.41) is 8.66. The lowest BCUT2D eigenvalue weighted by Crippen LogP contribution is -2.49. The Balaban J connectivity index is 1.60. The lowest BCUT2D eigenvalue weighted by molar-refractivity contribution is 0.0746. The average Bonchev–Trinajstić information content (AvgIpc) is 2.69. The summed E-state index contributed by atoms with van der Waals surface area (Å²) >= 11 is 0. The van der Waals surface area contributed by atoms with Crippen molar-refractivity contribution in [1.82, 2.24) is 15.1 Å². The molecule has 1 aliphatic rings. The van der Waals surface area contributed by atoms with E-state index in [2.05, 4.69) is 33.8 Å². The van der Waals surface area contributed by atoms with Gasteiger partial charge in [0.25, 0.3) is 5.91 Å². The van der Waals surface area contributed by atoms with Gasteiger partial charge in [-0.05, 0) is 44.2 Å². The van der Waals surface area contributed by atoms with Crippen LogP contribution in [0.1, 0.15) is 24.2 Å². The van der Waals surface area contributed by atoms with Gasteiger partial charge in [0.2, 0.25) is 0 Å². The summed E-state index contributed by atoms with van der Waals surface area (Å²) in [6.07, 6.45) is 0. The largest absolute Gasteiger partial charge is 0.356 e. The number of nitrogens with zero attached hydrogens (tertiary/aromatic N) is 5. The van der Waals surface area contributed by atoms with Gasteiger partial charge in [0, 0.05) is 44.8 Å². The molecule has 0 N–H and O–H groups in total. The predicted octanol–water partition coefficient (Wildman–Crippen LogP) is 2.42. The molecule has 3 rings (SSSR count). The molecule has 1 saturated heterocycles. The molecule has 0 bridgehead atoms. The first kappa shape index (κ1) is 18.1. The third kappa shape index (κ3) is 3.92. The van der Waals surface area contributed by atoms with Crippen molar-refractivity contribution >= 4 is 17.5 Å². The predicted molar refractivity (Wildman–Crippen MR) is 100 cm³/mol. The molecular formula is C19H24FN5O. The zero-order chi connectivity index (χ0) is 18.5. The van der Waals surface area contributed by atoms with Crippen LogP contribution in [-0.2, 0) is 0 Å². The minimum Gasteiger partial charge on any atom is -0.356 e. The Morgan fingerprint density at radius 2 is 1.81 bits per heavy atom. The number of carbonyl (C=O) groups excluding carboxylic acids is 1. The second-order valence-corrected chi connectivity index (χ2v) is 6.21. The van der Waals surface area contributed by atoms with Gasteiger partial charge in [0.05, 0.1) is 0 Å². The molecule has 0 atom stereocenters. The number of halogens is 1. The van der Waals surface area contributed by atoms with E-state index in [9.17, 15) is 9.18 Å². The number of carbonyl (C=O) groups is 1. The second-order valence-electron chi connectivity index (χ2n) is 6.21. The smallest absolute Gasteiger partial charge is 0.254 e. The van der Waals surface area contributed by atoms with Crippen LogP contribution in [0.2, 0.25) is 0 Å². The molecule has 26 heavy (non-hydrogen) atoms. The van der Waals surface area contributed by atoms with Crippen molar-refractivity contribution < 1.29 is 9.18 Å². The average molecular weight is 357 g/mol. The summed E-state index contributed by atoms with van der Waals surface area (Å²) in [6.45, 7) is 8.49. The van der Waals surface area contributed by atoms with Crippen LogP contribution in [0.5, 0.6) is 0 Å². The number of anilines is 2. The molecule has 1 amide bonds. The Bertz CT molecular complexity index is 740. The van der Waals surface area contributed by atoms with E-state index in [1.54, 1.807) is 17.0 Å². The maximum Gasteiger partial charge on any atom is 0.254 e. The van der Waals surface area contributed by atoms with E-state index in [1.807, 2.05) is 12.1 Å². The van der Waals surface area contributed by atoms with Gasteiger partial charge in [-0.1, -0.05) is 6.07 Å². The molecule has 0 unspecified atom stereocenters. The lowest BCUT2D eigenvalue weighted by Gasteiger charge is -2.35. The molecule has 7 heteroatoms. The van der Waals surface area contributed by atoms with Gasteiger partial charge in [-0.2, -0.15) is 0 Å². The Hall–Kier alpha value is -2.70. The Morgan fingerprint density at radius 3 is 2.38 bits per heavy atom. The van der Waals surface area contributed by atoms with E-state index in [1.165, 1.54) is 12.1 Å². The summed E-state index contributed by atoms with van der Waals surface area (Å²) in [4.78, 5) is 18.5. The fraction of sp³-hybridized carbons (Fsp3) is 0.421. The van der Waals surface area contributed by atoms with E-state index in [0.29, 0.717) is 31.7 Å². The molecule has 1 aliphatic heterocycles. The second kappa shape index (κ2) is 8.12. The van der Waals surface area contributed by atoms with Crippen molar-refractivity contribution in [1.29, 1.82) is 0 Å². The van der Waals surface area contributed by atoms with E-state index in [0.717, 1.165) is 24.7 Å². The number of hydrogen-bond donors (Lipinski definition) is 0. The zero-order valence-corrected chi connectivity index (χ0v) is 15.2. The van der Waals surface area contributed by atoms with Crippen LogP contribution in [0.25, 0.3) is 0 Å². The highest BCUT2D eigenvalue weighted by molar-refractivity contribution is 5.94. The molecule has 138 valence electrons. The molecular weight excluding hydrogens is 333 g/mol. The van der Waals surface area contributed by atoms with Gasteiger partial charge < -0.3 is 14.7 Å². The SMILES string of the molecule is CCN(CC)c1ccc(N2CCN(C(=O)c3cccc(F)c3)CC2)nn1. The highest BCUT2D eigenvalue weighted by atomic mass is 19.1. The van der Waals surface area contributed by atoms with Gasteiger partial charge in [-0.15, -0.1) is 10.2 Å². The van der Waals surface area contributed by atoms with Crippen LogP contribution in [0.3, 0.4) is 0 Å². The summed E-state index contributed by atoms with van der Waals surface area (Å²) in [5.41, 5.74) is 0.391. The van der Waals surface area contributed by atoms with Crippen LogP contribution in [0.4, 0.5) is 16.0 Å². The number of piperazine rings is 1. The number of hydrogen-bond acceptors (Lipinski definition) is 5. The molecule has 2 heterocycles. The Labute approximate surface area is 153 Å². The van der Waals surface area contributed by atoms with Gasteiger partial charge in [-0.3, -0.25) is 4.79 Å². The van der Waals surface area contributed by atoms with Crippen LogP contribution < -0.4 is 9.80 Å². The molecule has 0 saturated carbocycles. The van der Waals surface area contributed by atoms with Crippen LogP contribution >= 0.6 is 0 Å². The first-order chi connectivity index (χ1) is 12.6. The van der Waals surface area contributed by atoms with Crippen molar-refractivity contribution in [2.75, 3.05) is 49.1 Å². The summed E-state index contributed by atoms with van der Waals surface area (Å²) < 4.78 is 13.3. The normalized spacial score (nSPS) is 14.4. The maximum atomic E-state index is 13.3. The van der Waals surface area contributed by atoms with E-state index >= 15 is 0 Å². The van der Waals surface area contributed by atoms with E-state index in [4.69, 9.17) is 0 Å². The van der Waals surface area contributed by atoms with Gasteiger partial charge in [0.15, 0.2) is 11.6 Å². The van der Waals surface area contributed by atoms with Crippen LogP contribution in [0, 0.1) is 5.82 Å². The third-order valence-electron chi connectivity index (χ3n) is 4.69. The van der Waals surface area contributed by atoms with Gasteiger partial charge in [0.1, 0.15) is 5.82 Å². The summed E-state index contributed by atoms with van der Waals surface area (Å²) in [7, 11) is 0. The van der Waals surface area contributed by atoms with Crippen molar-refractivity contribution in [3.8, 4) is 0 Å². The van der Waals surface area contributed by atoms with Crippen LogP contribution in [-0.4, -0.2) is 60.3 Å². The highest BCUT2D eigenvalue weighted by Gasteiger charge is 2.23. The summed E-state index contributed by atoms with van der Waals surface area (Å²) in [5.74, 6) is 1.17.